The highest BCUT2D eigenvalue weighted by atomic mass is 32.2. The highest BCUT2D eigenvalue weighted by Gasteiger charge is 2.21. The molecule has 0 aromatic carbocycles. The van der Waals surface area contributed by atoms with E-state index >= 15 is 0 Å². The summed E-state index contributed by atoms with van der Waals surface area (Å²) in [4.78, 5) is 22.8. The summed E-state index contributed by atoms with van der Waals surface area (Å²) in [5.74, 6) is -2.51. The summed E-state index contributed by atoms with van der Waals surface area (Å²) in [5.41, 5.74) is 0. The second-order valence-electron chi connectivity index (χ2n) is 4.07. The van der Waals surface area contributed by atoms with Gasteiger partial charge in [-0.05, 0) is 13.3 Å². The molecule has 0 aromatic heterocycles. The smallest absolute Gasteiger partial charge is 0.330 e. The largest absolute Gasteiger partial charge is 0.464 e. The van der Waals surface area contributed by atoms with Gasteiger partial charge < -0.3 is 9.47 Å². The molecule has 7 nitrogen and oxygen atoms in total. The third-order valence-electron chi connectivity index (χ3n) is 2.29. The van der Waals surface area contributed by atoms with E-state index in [2.05, 4.69) is 0 Å². The number of esters is 2. The van der Waals surface area contributed by atoms with Crippen LogP contribution >= 0.6 is 0 Å². The van der Waals surface area contributed by atoms with Gasteiger partial charge in [-0.2, -0.15) is 8.42 Å². The van der Waals surface area contributed by atoms with Gasteiger partial charge in [0.2, 0.25) is 0 Å². The minimum Gasteiger partial charge on any atom is -0.464 e. The van der Waals surface area contributed by atoms with Gasteiger partial charge in [0.05, 0.1) is 5.92 Å². The SMILES string of the molecule is CC=CC(=O)OCC(CCC)C(=O)OCCS(=O)(=O)O.[MgH2]. The monoisotopic (exact) mass is 334 g/mol. The quantitative estimate of drug-likeness (QED) is 0.274. The maximum atomic E-state index is 11.7. The zero-order valence-electron chi connectivity index (χ0n) is 11.6. The van der Waals surface area contributed by atoms with Crippen molar-refractivity contribution in [2.75, 3.05) is 19.0 Å². The van der Waals surface area contributed by atoms with Gasteiger partial charge in [0.1, 0.15) is 19.0 Å². The molecule has 0 fully saturated rings. The second-order valence-corrected chi connectivity index (χ2v) is 5.64. The van der Waals surface area contributed by atoms with E-state index in [9.17, 15) is 18.0 Å². The summed E-state index contributed by atoms with van der Waals surface area (Å²) in [7, 11) is -4.16. The van der Waals surface area contributed by atoms with Crippen LogP contribution in [0.4, 0.5) is 0 Å². The lowest BCUT2D eigenvalue weighted by molar-refractivity contribution is -0.153. The Morgan fingerprint density at radius 3 is 2.38 bits per heavy atom. The number of hydrogen-bond donors (Lipinski definition) is 1. The van der Waals surface area contributed by atoms with Crippen LogP contribution in [0, 0.1) is 5.92 Å². The number of rotatable bonds is 9. The molecule has 0 heterocycles. The van der Waals surface area contributed by atoms with E-state index in [0.717, 1.165) is 0 Å². The van der Waals surface area contributed by atoms with E-state index in [4.69, 9.17) is 14.0 Å². The van der Waals surface area contributed by atoms with Crippen molar-refractivity contribution in [1.29, 1.82) is 0 Å². The lowest BCUT2D eigenvalue weighted by Gasteiger charge is -2.14. The van der Waals surface area contributed by atoms with Gasteiger partial charge in [0.25, 0.3) is 10.1 Å². The Kier molecular flexibility index (Phi) is 12.9. The Bertz CT molecular complexity index is 445. The molecular weight excluding hydrogens is 312 g/mol. The van der Waals surface area contributed by atoms with Crippen LogP contribution in [-0.2, 0) is 29.2 Å². The molecule has 9 heteroatoms. The van der Waals surface area contributed by atoms with Gasteiger partial charge in [-0.25, -0.2) is 4.79 Å². The molecule has 120 valence electrons. The molecule has 1 N–H and O–H groups in total. The lowest BCUT2D eigenvalue weighted by Crippen LogP contribution is -2.25. The summed E-state index contributed by atoms with van der Waals surface area (Å²) < 4.78 is 39.1. The fraction of sp³-hybridized carbons (Fsp3) is 0.667. The highest BCUT2D eigenvalue weighted by molar-refractivity contribution is 7.85. The molecule has 0 spiro atoms. The van der Waals surface area contributed by atoms with E-state index in [1.165, 1.54) is 12.2 Å². The van der Waals surface area contributed by atoms with Crippen molar-refractivity contribution in [3.63, 3.8) is 0 Å². The normalized spacial score (nSPS) is 12.5. The first kappa shape index (κ1) is 22.6. The van der Waals surface area contributed by atoms with E-state index < -0.39 is 40.3 Å². The number of ether oxygens (including phenoxy) is 2. The molecule has 21 heavy (non-hydrogen) atoms. The molecule has 0 amide bonds. The van der Waals surface area contributed by atoms with E-state index in [0.29, 0.717) is 12.8 Å². The van der Waals surface area contributed by atoms with Crippen molar-refractivity contribution in [3.8, 4) is 0 Å². The van der Waals surface area contributed by atoms with Crippen LogP contribution in [0.3, 0.4) is 0 Å². The Labute approximate surface area is 141 Å². The Morgan fingerprint density at radius 1 is 1.29 bits per heavy atom. The fourth-order valence-corrected chi connectivity index (χ4v) is 1.64. The first-order valence-electron chi connectivity index (χ1n) is 6.21. The molecule has 0 rings (SSSR count). The first-order valence-corrected chi connectivity index (χ1v) is 7.82. The van der Waals surface area contributed by atoms with Gasteiger partial charge >= 0.3 is 35.0 Å². The number of allylic oxidation sites excluding steroid dienone is 1. The average Bonchev–Trinajstić information content (AvgIpc) is 2.33. The zero-order valence-corrected chi connectivity index (χ0v) is 12.4. The van der Waals surface area contributed by atoms with Crippen molar-refractivity contribution in [2.24, 2.45) is 5.92 Å². The minimum absolute atomic E-state index is 0. The topological polar surface area (TPSA) is 107 Å². The third-order valence-corrected chi connectivity index (χ3v) is 2.97. The predicted octanol–water partition coefficient (Wildman–Crippen LogP) is 0.0368. The van der Waals surface area contributed by atoms with Gasteiger partial charge in [0.15, 0.2) is 0 Å². The summed E-state index contributed by atoms with van der Waals surface area (Å²) in [6.45, 7) is 2.96. The molecule has 0 aliphatic heterocycles. The molecule has 0 aliphatic carbocycles. The summed E-state index contributed by atoms with van der Waals surface area (Å²) in [5, 5.41) is 0. The van der Waals surface area contributed by atoms with E-state index in [-0.39, 0.29) is 29.7 Å². The Hall–Kier alpha value is -0.644. The number of hydrogen-bond acceptors (Lipinski definition) is 6. The number of carbonyl (C=O) groups excluding carboxylic acids is 2. The maximum Gasteiger partial charge on any atom is 0.330 e. The van der Waals surface area contributed by atoms with Crippen LogP contribution < -0.4 is 0 Å². The lowest BCUT2D eigenvalue weighted by atomic mass is 10.1. The van der Waals surface area contributed by atoms with Crippen LogP contribution in [-0.4, -0.2) is 66.9 Å². The van der Waals surface area contributed by atoms with Crippen molar-refractivity contribution in [2.45, 2.75) is 26.7 Å². The first-order chi connectivity index (χ1) is 9.30. The van der Waals surface area contributed by atoms with Crippen LogP contribution in [0.2, 0.25) is 0 Å². The highest BCUT2D eigenvalue weighted by Crippen LogP contribution is 2.10. The molecule has 0 aromatic rings. The third kappa shape index (κ3) is 12.8. The molecule has 0 aliphatic rings. The van der Waals surface area contributed by atoms with Crippen LogP contribution in [0.1, 0.15) is 26.7 Å². The molecule has 0 bridgehead atoms. The van der Waals surface area contributed by atoms with Crippen molar-refractivity contribution >= 4 is 45.1 Å². The summed E-state index contributed by atoms with van der Waals surface area (Å²) >= 11 is 0. The summed E-state index contributed by atoms with van der Waals surface area (Å²) in [6, 6.07) is 0. The van der Waals surface area contributed by atoms with Crippen LogP contribution in [0.25, 0.3) is 0 Å². The fourth-order valence-electron chi connectivity index (χ4n) is 1.35. The van der Waals surface area contributed by atoms with Gasteiger partial charge in [-0.1, -0.05) is 19.4 Å². The Morgan fingerprint density at radius 2 is 1.90 bits per heavy atom. The molecular formula is C12H22MgO7S. The molecule has 0 saturated carbocycles. The van der Waals surface area contributed by atoms with Crippen molar-refractivity contribution in [3.05, 3.63) is 12.2 Å². The zero-order chi connectivity index (χ0) is 15.6. The summed E-state index contributed by atoms with van der Waals surface area (Å²) in [6.07, 6.45) is 3.88. The second kappa shape index (κ2) is 12.0. The average molecular weight is 335 g/mol. The van der Waals surface area contributed by atoms with E-state index in [1.807, 2.05) is 6.92 Å². The molecule has 1 unspecified atom stereocenters. The standard InChI is InChI=1S/C12H20O7S.Mg.2H/c1-3-5-10(9-19-11(13)6-4-2)12(14)18-7-8-20(15,16)17;;;/h4,6,10H,3,5,7-9H2,1-2H3,(H,15,16,17);;;. The molecule has 0 saturated heterocycles. The minimum atomic E-state index is -4.16. The van der Waals surface area contributed by atoms with Crippen molar-refractivity contribution < 1.29 is 32.0 Å². The Balaban J connectivity index is 0. The van der Waals surface area contributed by atoms with Gasteiger partial charge in [0, 0.05) is 6.08 Å². The number of carbonyl (C=O) groups is 2. The van der Waals surface area contributed by atoms with Crippen LogP contribution in [0.15, 0.2) is 12.2 Å². The maximum absolute atomic E-state index is 11.7. The molecule has 1 atom stereocenters. The van der Waals surface area contributed by atoms with Crippen molar-refractivity contribution in [1.82, 2.24) is 0 Å². The van der Waals surface area contributed by atoms with E-state index in [1.54, 1.807) is 6.92 Å². The van der Waals surface area contributed by atoms with Crippen LogP contribution in [0.5, 0.6) is 0 Å². The van der Waals surface area contributed by atoms with Gasteiger partial charge in [-0.3, -0.25) is 9.35 Å². The van der Waals surface area contributed by atoms with Gasteiger partial charge in [-0.15, -0.1) is 0 Å². The predicted molar refractivity (Wildman–Crippen MR) is 80.1 cm³/mol. The molecule has 0 radical (unpaired) electrons.